The van der Waals surface area contributed by atoms with E-state index in [1.807, 2.05) is 24.3 Å². The van der Waals surface area contributed by atoms with Crippen molar-refractivity contribution in [3.8, 4) is 0 Å². The monoisotopic (exact) mass is 406 g/mol. The van der Waals surface area contributed by atoms with Gasteiger partial charge in [0, 0.05) is 5.02 Å². The molecule has 0 spiro atoms. The molecule has 0 bridgehead atoms. The minimum Gasteiger partial charge on any atom is -0.459 e. The molecule has 2 aromatic carbocycles. The molecule has 29 heavy (non-hydrogen) atoms. The third-order valence-corrected chi connectivity index (χ3v) is 4.92. The highest BCUT2D eigenvalue weighted by atomic mass is 35.5. The Balaban J connectivity index is 2.05. The molecule has 3 aromatic heterocycles. The van der Waals surface area contributed by atoms with Crippen LogP contribution in [0.15, 0.2) is 47.3 Å². The van der Waals surface area contributed by atoms with Crippen LogP contribution in [0, 0.1) is 0 Å². The molecule has 1 N–H and O–H groups in total. The van der Waals surface area contributed by atoms with Gasteiger partial charge in [-0.15, -0.1) is 0 Å². The van der Waals surface area contributed by atoms with Crippen molar-refractivity contribution >= 4 is 56.3 Å². The van der Waals surface area contributed by atoms with E-state index in [9.17, 15) is 9.59 Å². The van der Waals surface area contributed by atoms with E-state index in [1.54, 1.807) is 36.4 Å². The summed E-state index contributed by atoms with van der Waals surface area (Å²) in [4.78, 5) is 37.8. The Morgan fingerprint density at radius 3 is 2.59 bits per heavy atom. The van der Waals surface area contributed by atoms with Crippen LogP contribution in [0.5, 0.6) is 0 Å². The lowest BCUT2D eigenvalue weighted by Crippen LogP contribution is -2.15. The number of esters is 1. The molecule has 7 nitrogen and oxygen atoms in total. The number of benzene rings is 2. The van der Waals surface area contributed by atoms with Crippen molar-refractivity contribution in [1.82, 2.24) is 19.4 Å². The molecule has 144 valence electrons. The van der Waals surface area contributed by atoms with Gasteiger partial charge in [0.1, 0.15) is 16.7 Å². The van der Waals surface area contributed by atoms with Gasteiger partial charge in [0.25, 0.3) is 5.56 Å². The molecule has 0 atom stereocenters. The molecule has 3 heterocycles. The minimum absolute atomic E-state index is 0.172. The molecule has 0 unspecified atom stereocenters. The van der Waals surface area contributed by atoms with E-state index < -0.39 is 5.97 Å². The van der Waals surface area contributed by atoms with Crippen molar-refractivity contribution in [3.63, 3.8) is 0 Å². The number of fused-ring (bicyclic) bond motifs is 6. The van der Waals surface area contributed by atoms with Crippen molar-refractivity contribution < 1.29 is 9.53 Å². The van der Waals surface area contributed by atoms with Crippen molar-refractivity contribution in [2.75, 3.05) is 0 Å². The fourth-order valence-corrected chi connectivity index (χ4v) is 3.69. The summed E-state index contributed by atoms with van der Waals surface area (Å²) in [6.45, 7) is 3.52. The van der Waals surface area contributed by atoms with E-state index >= 15 is 0 Å². The Morgan fingerprint density at radius 2 is 1.86 bits per heavy atom. The van der Waals surface area contributed by atoms with Crippen molar-refractivity contribution in [1.29, 1.82) is 0 Å². The van der Waals surface area contributed by atoms with Gasteiger partial charge in [-0.3, -0.25) is 9.20 Å². The zero-order chi connectivity index (χ0) is 20.3. The van der Waals surface area contributed by atoms with Gasteiger partial charge >= 0.3 is 5.97 Å². The van der Waals surface area contributed by atoms with Crippen LogP contribution in [0.2, 0.25) is 5.02 Å². The quantitative estimate of drug-likeness (QED) is 0.446. The number of aromatic nitrogens is 4. The minimum atomic E-state index is -0.575. The van der Waals surface area contributed by atoms with Crippen molar-refractivity contribution in [2.45, 2.75) is 20.0 Å². The van der Waals surface area contributed by atoms with Gasteiger partial charge in [-0.25, -0.2) is 14.8 Å². The molecule has 5 aromatic rings. The van der Waals surface area contributed by atoms with Gasteiger partial charge in [0.05, 0.1) is 28.0 Å². The number of halogens is 1. The Hall–Kier alpha value is -3.45. The summed E-state index contributed by atoms with van der Waals surface area (Å²) < 4.78 is 7.13. The maximum absolute atomic E-state index is 12.9. The summed E-state index contributed by atoms with van der Waals surface area (Å²) in [7, 11) is 0. The Labute approximate surface area is 168 Å². The average molecular weight is 407 g/mol. The largest absolute Gasteiger partial charge is 0.459 e. The molecular formula is C21H15ClN4O3. The van der Waals surface area contributed by atoms with Crippen molar-refractivity contribution in [2.24, 2.45) is 0 Å². The lowest BCUT2D eigenvalue weighted by Gasteiger charge is -2.07. The molecule has 0 saturated carbocycles. The van der Waals surface area contributed by atoms with Crippen LogP contribution in [0.1, 0.15) is 24.2 Å². The SMILES string of the molecule is CC(C)OC(=O)c1c2nc3ccccc3nc2n2c1[nH]c(=O)c1ccc(Cl)cc12. The normalized spacial score (nSPS) is 11.9. The lowest BCUT2D eigenvalue weighted by atomic mass is 10.2. The molecule has 0 saturated heterocycles. The Bertz CT molecular complexity index is 1520. The smallest absolute Gasteiger partial charge is 0.344 e. The fraction of sp³-hybridized carbons (Fsp3) is 0.143. The van der Waals surface area contributed by atoms with Gasteiger partial charge in [-0.1, -0.05) is 23.7 Å². The zero-order valence-corrected chi connectivity index (χ0v) is 16.3. The van der Waals surface area contributed by atoms with Crippen LogP contribution in [-0.2, 0) is 4.74 Å². The summed E-state index contributed by atoms with van der Waals surface area (Å²) in [5, 5.41) is 0.892. The number of hydrogen-bond donors (Lipinski definition) is 1. The van der Waals surface area contributed by atoms with E-state index in [0.717, 1.165) is 0 Å². The standard InChI is InChI=1S/C21H15ClN4O3/c1-10(2)29-21(28)16-17-19(24-14-6-4-3-5-13(14)23-17)26-15-9-11(22)7-8-12(15)20(27)25-18(16)26/h3-10H,1-2H3,(H,25,27). The number of aromatic amines is 1. The summed E-state index contributed by atoms with van der Waals surface area (Å²) in [5.74, 6) is -0.575. The highest BCUT2D eigenvalue weighted by Crippen LogP contribution is 2.29. The molecule has 0 amide bonds. The number of carbonyl (C=O) groups is 1. The second-order valence-corrected chi connectivity index (χ2v) is 7.45. The first kappa shape index (κ1) is 17.6. The van der Waals surface area contributed by atoms with Gasteiger partial charge in [-0.2, -0.15) is 0 Å². The summed E-state index contributed by atoms with van der Waals surface area (Å²) in [6, 6.07) is 12.3. The average Bonchev–Trinajstić information content (AvgIpc) is 2.98. The topological polar surface area (TPSA) is 89.3 Å². The van der Waals surface area contributed by atoms with E-state index in [1.165, 1.54) is 0 Å². The third kappa shape index (κ3) is 2.66. The highest BCUT2D eigenvalue weighted by Gasteiger charge is 2.25. The van der Waals surface area contributed by atoms with Crippen LogP contribution in [0.3, 0.4) is 0 Å². The Morgan fingerprint density at radius 1 is 1.14 bits per heavy atom. The number of hydrogen-bond acceptors (Lipinski definition) is 5. The van der Waals surface area contributed by atoms with Crippen LogP contribution < -0.4 is 5.56 Å². The van der Waals surface area contributed by atoms with E-state index in [-0.39, 0.29) is 22.9 Å². The van der Waals surface area contributed by atoms with Crippen LogP contribution in [-0.4, -0.2) is 31.4 Å². The maximum Gasteiger partial charge on any atom is 0.344 e. The van der Waals surface area contributed by atoms with E-state index in [2.05, 4.69) is 9.97 Å². The van der Waals surface area contributed by atoms with Gasteiger partial charge in [0.15, 0.2) is 5.65 Å². The fourth-order valence-electron chi connectivity index (χ4n) is 3.52. The first-order chi connectivity index (χ1) is 13.9. The molecule has 0 fully saturated rings. The van der Waals surface area contributed by atoms with Gasteiger partial charge in [0.2, 0.25) is 0 Å². The van der Waals surface area contributed by atoms with Crippen LogP contribution in [0.25, 0.3) is 38.7 Å². The first-order valence-electron chi connectivity index (χ1n) is 9.07. The molecular weight excluding hydrogens is 392 g/mol. The number of nitrogens with one attached hydrogen (secondary N) is 1. The number of ether oxygens (including phenoxy) is 1. The van der Waals surface area contributed by atoms with Crippen LogP contribution >= 0.6 is 11.6 Å². The van der Waals surface area contributed by atoms with Crippen molar-refractivity contribution in [3.05, 3.63) is 63.4 Å². The number of H-pyrrole nitrogens is 1. The second kappa shape index (κ2) is 6.28. The maximum atomic E-state index is 12.9. The molecule has 8 heteroatoms. The molecule has 0 aliphatic heterocycles. The first-order valence-corrected chi connectivity index (χ1v) is 9.45. The highest BCUT2D eigenvalue weighted by molar-refractivity contribution is 6.31. The molecule has 0 aliphatic carbocycles. The number of nitrogens with zero attached hydrogens (tertiary/aromatic N) is 3. The summed E-state index contributed by atoms with van der Waals surface area (Å²) in [6.07, 6.45) is -0.331. The molecule has 0 radical (unpaired) electrons. The van der Waals surface area contributed by atoms with E-state index in [4.69, 9.17) is 21.3 Å². The Kier molecular flexibility index (Phi) is 3.82. The third-order valence-electron chi connectivity index (χ3n) is 4.69. The number of carbonyl (C=O) groups excluding carboxylic acids is 1. The number of para-hydroxylation sites is 2. The summed E-state index contributed by atoms with van der Waals surface area (Å²) >= 11 is 6.20. The second-order valence-electron chi connectivity index (χ2n) is 7.01. The van der Waals surface area contributed by atoms with E-state index in [0.29, 0.717) is 38.1 Å². The predicted molar refractivity (Wildman–Crippen MR) is 112 cm³/mol. The zero-order valence-electron chi connectivity index (χ0n) is 15.6. The molecule has 5 rings (SSSR count). The summed E-state index contributed by atoms with van der Waals surface area (Å²) in [5.41, 5.74) is 2.76. The van der Waals surface area contributed by atoms with Crippen LogP contribution in [0.4, 0.5) is 0 Å². The lowest BCUT2D eigenvalue weighted by molar-refractivity contribution is 0.0382. The number of rotatable bonds is 2. The predicted octanol–water partition coefficient (Wildman–Crippen LogP) is 4.10. The van der Waals surface area contributed by atoms with Gasteiger partial charge < -0.3 is 9.72 Å². The molecule has 0 aliphatic rings. The van der Waals surface area contributed by atoms with Gasteiger partial charge in [-0.05, 0) is 44.2 Å².